The number of benzene rings is 1. The first-order valence-corrected chi connectivity index (χ1v) is 7.38. The lowest BCUT2D eigenvalue weighted by molar-refractivity contribution is -0.122. The molecule has 0 aliphatic rings. The second kappa shape index (κ2) is 10.7. The van der Waals surface area contributed by atoms with E-state index in [4.69, 9.17) is 0 Å². The number of Topliss-reactive ketones (excluding diaryl/α,β-unsaturated/α-hetero) is 1. The van der Waals surface area contributed by atoms with Crippen LogP contribution in [0.3, 0.4) is 0 Å². The maximum absolute atomic E-state index is 11.7. The zero-order valence-electron chi connectivity index (χ0n) is 13.1. The molecular formula is C17H29NO. The maximum Gasteiger partial charge on any atom is 0.147 e. The van der Waals surface area contributed by atoms with Gasteiger partial charge in [-0.25, -0.2) is 0 Å². The van der Waals surface area contributed by atoms with Crippen LogP contribution in [0, 0.1) is 0 Å². The van der Waals surface area contributed by atoms with Gasteiger partial charge in [-0.15, -0.1) is 0 Å². The van der Waals surface area contributed by atoms with Gasteiger partial charge in [0, 0.05) is 0 Å². The molecule has 0 saturated heterocycles. The van der Waals surface area contributed by atoms with Crippen molar-refractivity contribution in [2.45, 2.75) is 53.5 Å². The molecule has 0 aromatic heterocycles. The van der Waals surface area contributed by atoms with Crippen LogP contribution < -0.4 is 0 Å². The van der Waals surface area contributed by atoms with Crippen LogP contribution in [0.1, 0.15) is 46.6 Å². The number of carbonyl (C=O) groups excluding carboxylic acids is 1. The van der Waals surface area contributed by atoms with Gasteiger partial charge < -0.3 is 0 Å². The van der Waals surface area contributed by atoms with Crippen LogP contribution in [-0.4, -0.2) is 29.8 Å². The smallest absolute Gasteiger partial charge is 0.147 e. The molecule has 2 nitrogen and oxygen atoms in total. The molecule has 0 unspecified atom stereocenters. The number of hydrogen-bond acceptors (Lipinski definition) is 2. The molecule has 0 fully saturated rings. The summed E-state index contributed by atoms with van der Waals surface area (Å²) >= 11 is 0. The fraction of sp³-hybridized carbons (Fsp3) is 0.588. The average molecular weight is 263 g/mol. The van der Waals surface area contributed by atoms with E-state index in [1.165, 1.54) is 12.0 Å². The van der Waals surface area contributed by atoms with Gasteiger partial charge in [-0.05, 0) is 32.0 Å². The predicted molar refractivity (Wildman–Crippen MR) is 83.5 cm³/mol. The summed E-state index contributed by atoms with van der Waals surface area (Å²) < 4.78 is 0. The van der Waals surface area contributed by atoms with Crippen molar-refractivity contribution in [3.63, 3.8) is 0 Å². The number of likely N-dealkylation sites (N-methyl/N-ethyl adjacent to an activating group) is 1. The van der Waals surface area contributed by atoms with Crippen molar-refractivity contribution in [2.75, 3.05) is 13.1 Å². The van der Waals surface area contributed by atoms with Crippen molar-refractivity contribution < 1.29 is 4.79 Å². The summed E-state index contributed by atoms with van der Waals surface area (Å²) in [6.07, 6.45) is 2.07. The van der Waals surface area contributed by atoms with E-state index in [0.717, 1.165) is 19.5 Å². The number of carbonyl (C=O) groups is 1. The van der Waals surface area contributed by atoms with Crippen molar-refractivity contribution in [3.05, 3.63) is 35.9 Å². The maximum atomic E-state index is 11.7. The Balaban J connectivity index is 0.000000982. The van der Waals surface area contributed by atoms with Gasteiger partial charge in [0.05, 0.1) is 6.04 Å². The van der Waals surface area contributed by atoms with Gasteiger partial charge in [0.15, 0.2) is 0 Å². The standard InChI is InChI=1S/C14H21NO.C3H8/c1-4-15(5-2)14(12(3)16)11-13-9-7-6-8-10-13;1-3-2/h6-10,14H,4-5,11H2,1-3H3;3H2,1-2H3/t14-;/m0./s1. The normalized spacial score (nSPS) is 11.7. The Labute approximate surface area is 118 Å². The highest BCUT2D eigenvalue weighted by Crippen LogP contribution is 2.09. The molecule has 0 aliphatic heterocycles. The van der Waals surface area contributed by atoms with Gasteiger partial charge >= 0.3 is 0 Å². The Morgan fingerprint density at radius 1 is 1.05 bits per heavy atom. The third-order valence-electron chi connectivity index (χ3n) is 2.99. The summed E-state index contributed by atoms with van der Waals surface area (Å²) in [6, 6.07) is 10.2. The summed E-state index contributed by atoms with van der Waals surface area (Å²) in [4.78, 5) is 13.9. The number of nitrogens with zero attached hydrogens (tertiary/aromatic N) is 1. The summed E-state index contributed by atoms with van der Waals surface area (Å²) in [6.45, 7) is 12.0. The minimum atomic E-state index is 0.0254. The molecule has 1 atom stereocenters. The minimum Gasteiger partial charge on any atom is -0.298 e. The first-order chi connectivity index (χ1) is 9.10. The Kier molecular flexibility index (Phi) is 10.1. The molecule has 0 heterocycles. The molecule has 0 spiro atoms. The fourth-order valence-electron chi connectivity index (χ4n) is 2.03. The fourth-order valence-corrected chi connectivity index (χ4v) is 2.03. The van der Waals surface area contributed by atoms with Crippen molar-refractivity contribution in [3.8, 4) is 0 Å². The molecule has 0 amide bonds. The molecular weight excluding hydrogens is 234 g/mol. The number of hydrogen-bond donors (Lipinski definition) is 0. The zero-order valence-corrected chi connectivity index (χ0v) is 13.1. The molecule has 108 valence electrons. The molecule has 0 N–H and O–H groups in total. The predicted octanol–water partition coefficient (Wildman–Crippen LogP) is 3.94. The van der Waals surface area contributed by atoms with Crippen LogP contribution in [-0.2, 0) is 11.2 Å². The molecule has 1 aromatic carbocycles. The van der Waals surface area contributed by atoms with Crippen LogP contribution in [0.15, 0.2) is 30.3 Å². The van der Waals surface area contributed by atoms with Gasteiger partial charge in [-0.2, -0.15) is 0 Å². The Morgan fingerprint density at radius 3 is 1.89 bits per heavy atom. The summed E-state index contributed by atoms with van der Waals surface area (Å²) in [5.74, 6) is 0.257. The van der Waals surface area contributed by atoms with E-state index in [0.29, 0.717) is 0 Å². The molecule has 0 radical (unpaired) electrons. The van der Waals surface area contributed by atoms with Crippen molar-refractivity contribution in [1.29, 1.82) is 0 Å². The van der Waals surface area contributed by atoms with Crippen LogP contribution in [0.25, 0.3) is 0 Å². The van der Waals surface area contributed by atoms with Crippen molar-refractivity contribution >= 4 is 5.78 Å². The lowest BCUT2D eigenvalue weighted by atomic mass is 10.0. The lowest BCUT2D eigenvalue weighted by Crippen LogP contribution is -2.41. The van der Waals surface area contributed by atoms with Crippen LogP contribution >= 0.6 is 0 Å². The van der Waals surface area contributed by atoms with Crippen LogP contribution in [0.4, 0.5) is 0 Å². The van der Waals surface area contributed by atoms with Gasteiger partial charge in [0.25, 0.3) is 0 Å². The molecule has 0 bridgehead atoms. The highest BCUT2D eigenvalue weighted by molar-refractivity contribution is 5.81. The third kappa shape index (κ3) is 7.12. The van der Waals surface area contributed by atoms with E-state index < -0.39 is 0 Å². The topological polar surface area (TPSA) is 20.3 Å². The zero-order chi connectivity index (χ0) is 14.7. The van der Waals surface area contributed by atoms with E-state index in [1.54, 1.807) is 6.92 Å². The molecule has 0 saturated carbocycles. The largest absolute Gasteiger partial charge is 0.298 e. The van der Waals surface area contributed by atoms with E-state index in [1.807, 2.05) is 18.2 Å². The first-order valence-electron chi connectivity index (χ1n) is 7.38. The van der Waals surface area contributed by atoms with Gasteiger partial charge in [0.1, 0.15) is 5.78 Å². The molecule has 2 heteroatoms. The summed E-state index contributed by atoms with van der Waals surface area (Å²) in [5, 5.41) is 0. The number of rotatable bonds is 6. The SMILES string of the molecule is CCC.CCN(CC)[C@@H](Cc1ccccc1)C(C)=O. The van der Waals surface area contributed by atoms with E-state index in [-0.39, 0.29) is 11.8 Å². The molecule has 0 aliphatic carbocycles. The molecule has 1 rings (SSSR count). The van der Waals surface area contributed by atoms with Gasteiger partial charge in [0.2, 0.25) is 0 Å². The number of ketones is 1. The second-order valence-corrected chi connectivity index (χ2v) is 4.74. The third-order valence-corrected chi connectivity index (χ3v) is 2.99. The highest BCUT2D eigenvalue weighted by atomic mass is 16.1. The van der Waals surface area contributed by atoms with E-state index in [9.17, 15) is 4.79 Å². The van der Waals surface area contributed by atoms with Crippen molar-refractivity contribution in [2.24, 2.45) is 0 Å². The highest BCUT2D eigenvalue weighted by Gasteiger charge is 2.20. The average Bonchev–Trinajstić information content (AvgIpc) is 2.41. The van der Waals surface area contributed by atoms with Crippen LogP contribution in [0.2, 0.25) is 0 Å². The molecule has 19 heavy (non-hydrogen) atoms. The van der Waals surface area contributed by atoms with E-state index in [2.05, 4.69) is 44.7 Å². The van der Waals surface area contributed by atoms with E-state index >= 15 is 0 Å². The van der Waals surface area contributed by atoms with Gasteiger partial charge in [-0.1, -0.05) is 64.4 Å². The Hall–Kier alpha value is -1.15. The van der Waals surface area contributed by atoms with Gasteiger partial charge in [-0.3, -0.25) is 9.69 Å². The molecule has 1 aromatic rings. The quantitative estimate of drug-likeness (QED) is 0.774. The summed E-state index contributed by atoms with van der Waals surface area (Å²) in [7, 11) is 0. The minimum absolute atomic E-state index is 0.0254. The Bertz CT molecular complexity index is 330. The lowest BCUT2D eigenvalue weighted by Gasteiger charge is -2.27. The van der Waals surface area contributed by atoms with Crippen LogP contribution in [0.5, 0.6) is 0 Å². The Morgan fingerprint density at radius 2 is 1.53 bits per heavy atom. The van der Waals surface area contributed by atoms with Crippen molar-refractivity contribution in [1.82, 2.24) is 4.90 Å². The second-order valence-electron chi connectivity index (χ2n) is 4.74. The first kappa shape index (κ1) is 17.8. The summed E-state index contributed by atoms with van der Waals surface area (Å²) in [5.41, 5.74) is 1.23. The monoisotopic (exact) mass is 263 g/mol.